The number of nitrogens with zero attached hydrogens (tertiary/aromatic N) is 3. The van der Waals surface area contributed by atoms with Crippen molar-refractivity contribution in [3.8, 4) is 0 Å². The summed E-state index contributed by atoms with van der Waals surface area (Å²) in [6.45, 7) is 2.29. The first-order chi connectivity index (χ1) is 17.9. The van der Waals surface area contributed by atoms with Gasteiger partial charge in [0.25, 0.3) is 0 Å². The molecule has 1 fully saturated rings. The third-order valence-corrected chi connectivity index (χ3v) is 5.19. The van der Waals surface area contributed by atoms with E-state index in [1.54, 1.807) is 24.4 Å². The minimum atomic E-state index is -2.27. The molecule has 1 aromatic heterocycles. The van der Waals surface area contributed by atoms with Crippen LogP contribution in [0.4, 0.5) is 20.6 Å². The largest absolute Gasteiger partial charge is 0.479 e. The Kier molecular flexibility index (Phi) is 10.5. The van der Waals surface area contributed by atoms with Gasteiger partial charge >= 0.3 is 18.0 Å². The Hall–Kier alpha value is -4.70. The van der Waals surface area contributed by atoms with Crippen LogP contribution >= 0.6 is 0 Å². The molecule has 1 saturated heterocycles. The Bertz CT molecular complexity index is 1190. The second kappa shape index (κ2) is 13.6. The number of guanidine groups is 1. The minimum absolute atomic E-state index is 0.151. The Labute approximate surface area is 214 Å². The first-order valence-electron chi connectivity index (χ1n) is 10.9. The summed E-state index contributed by atoms with van der Waals surface area (Å²) in [4.78, 5) is 52.0. The Morgan fingerprint density at radius 2 is 1.58 bits per heavy atom. The van der Waals surface area contributed by atoms with E-state index in [2.05, 4.69) is 14.9 Å². The lowest BCUT2D eigenvalue weighted by atomic mass is 10.1. The van der Waals surface area contributed by atoms with Crippen molar-refractivity contribution in [1.82, 2.24) is 4.98 Å². The highest BCUT2D eigenvalue weighted by Gasteiger charge is 2.29. The van der Waals surface area contributed by atoms with Gasteiger partial charge in [-0.2, -0.15) is 0 Å². The number of benzene rings is 1. The number of piperazine rings is 1. The lowest BCUT2D eigenvalue weighted by molar-refractivity contribution is -0.165. The maximum Gasteiger partial charge on any atom is 0.437 e. The minimum Gasteiger partial charge on any atom is -0.479 e. The zero-order valence-electron chi connectivity index (χ0n) is 19.9. The van der Waals surface area contributed by atoms with Crippen LogP contribution in [0.3, 0.4) is 0 Å². The normalized spacial score (nSPS) is 14.4. The van der Waals surface area contributed by atoms with Crippen LogP contribution in [-0.2, 0) is 20.9 Å². The number of nitrogens with one attached hydrogen (secondary N) is 1. The van der Waals surface area contributed by atoms with E-state index in [-0.39, 0.29) is 17.7 Å². The molecule has 0 radical (unpaired) electrons. The topological polar surface area (TPSA) is 245 Å². The summed E-state index contributed by atoms with van der Waals surface area (Å²) in [5, 5.41) is 32.5. The van der Waals surface area contributed by atoms with Crippen molar-refractivity contribution in [2.45, 2.75) is 18.8 Å². The molecule has 0 saturated carbocycles. The summed E-state index contributed by atoms with van der Waals surface area (Å²) in [6, 6.07) is 8.18. The van der Waals surface area contributed by atoms with Crippen molar-refractivity contribution < 1.29 is 43.9 Å². The molecule has 2 atom stereocenters. The maximum absolute atomic E-state index is 14.9. The molecule has 1 aliphatic rings. The van der Waals surface area contributed by atoms with Gasteiger partial charge in [0.15, 0.2) is 24.0 Å². The predicted molar refractivity (Wildman–Crippen MR) is 131 cm³/mol. The van der Waals surface area contributed by atoms with E-state index in [9.17, 15) is 23.6 Å². The van der Waals surface area contributed by atoms with Crippen LogP contribution in [0.5, 0.6) is 0 Å². The number of aliphatic hydroxyl groups is 2. The molecule has 2 unspecified atom stereocenters. The van der Waals surface area contributed by atoms with Gasteiger partial charge in [0.2, 0.25) is 5.56 Å². The van der Waals surface area contributed by atoms with E-state index in [0.29, 0.717) is 31.9 Å². The van der Waals surface area contributed by atoms with Crippen molar-refractivity contribution in [2.75, 3.05) is 36.0 Å². The van der Waals surface area contributed by atoms with E-state index in [4.69, 9.17) is 36.6 Å². The van der Waals surface area contributed by atoms with Crippen molar-refractivity contribution in [3.63, 3.8) is 0 Å². The highest BCUT2D eigenvalue weighted by Crippen LogP contribution is 2.25. The number of aliphatic imine (C=N–C) groups is 1. The number of aliphatic hydroxyl groups excluding tert-OH is 2. The zero-order chi connectivity index (χ0) is 28.4. The Morgan fingerprint density at radius 3 is 2.08 bits per heavy atom. The fraction of sp³-hybridized carbons (Fsp3) is 0.318. The number of carbonyl (C=O) groups excluding carboxylic acids is 1. The molecule has 16 heteroatoms. The summed E-state index contributed by atoms with van der Waals surface area (Å²) in [6.07, 6.45) is -3.83. The molecule has 2 heterocycles. The van der Waals surface area contributed by atoms with Gasteiger partial charge in [-0.15, -0.1) is 4.99 Å². The van der Waals surface area contributed by atoms with Crippen molar-refractivity contribution in [3.05, 3.63) is 58.3 Å². The SMILES string of the molecule is NC(N)=NC(=O)OCc1cccc(N2CCN(c3ccc(=O)[nH]c3)CC2)c1F.O=C(O)C(O)C(O)C(=O)O. The van der Waals surface area contributed by atoms with Crippen molar-refractivity contribution in [1.29, 1.82) is 0 Å². The summed E-state index contributed by atoms with van der Waals surface area (Å²) < 4.78 is 19.7. The number of rotatable bonds is 7. The molecule has 1 aliphatic heterocycles. The van der Waals surface area contributed by atoms with Crippen LogP contribution in [0.25, 0.3) is 0 Å². The van der Waals surface area contributed by atoms with Gasteiger partial charge in [0.05, 0.1) is 11.4 Å². The number of pyridine rings is 1. The van der Waals surface area contributed by atoms with Gasteiger partial charge < -0.3 is 51.4 Å². The number of aromatic amines is 1. The monoisotopic (exact) mass is 538 g/mol. The lowest BCUT2D eigenvalue weighted by Gasteiger charge is -2.37. The zero-order valence-corrected chi connectivity index (χ0v) is 19.9. The van der Waals surface area contributed by atoms with Gasteiger partial charge in [-0.3, -0.25) is 4.79 Å². The second-order valence-electron chi connectivity index (χ2n) is 7.79. The highest BCUT2D eigenvalue weighted by atomic mass is 19.1. The fourth-order valence-electron chi connectivity index (χ4n) is 3.27. The standard InChI is InChI=1S/C18H21FN6O3.C4H6O6/c19-16-12(11-28-18(27)23-17(20)21)2-1-3-14(16)25-8-6-24(7-9-25)13-4-5-15(26)22-10-13;5-1(3(7)8)2(6)4(9)10/h1-5,10H,6-9,11H2,(H,22,26)(H4,20,21,23,27);1-2,5-6H,(H,7,8)(H,9,10). The Balaban J connectivity index is 0.000000432. The van der Waals surface area contributed by atoms with E-state index in [1.807, 2.05) is 4.90 Å². The number of H-pyrrole nitrogens is 1. The van der Waals surface area contributed by atoms with Gasteiger partial charge in [-0.25, -0.2) is 18.8 Å². The summed E-state index contributed by atoms with van der Waals surface area (Å²) in [5.74, 6) is -4.40. The molecule has 0 spiro atoms. The summed E-state index contributed by atoms with van der Waals surface area (Å²) in [7, 11) is 0. The van der Waals surface area contributed by atoms with Gasteiger partial charge in [-0.1, -0.05) is 12.1 Å². The number of carbonyl (C=O) groups is 3. The van der Waals surface area contributed by atoms with Crippen LogP contribution in [0.2, 0.25) is 0 Å². The average molecular weight is 538 g/mol. The number of aliphatic carboxylic acids is 2. The molecule has 206 valence electrons. The molecule has 15 nitrogen and oxygen atoms in total. The summed E-state index contributed by atoms with van der Waals surface area (Å²) in [5.41, 5.74) is 11.6. The van der Waals surface area contributed by atoms with E-state index >= 15 is 0 Å². The molecule has 1 amide bonds. The first-order valence-corrected chi connectivity index (χ1v) is 10.9. The van der Waals surface area contributed by atoms with Crippen LogP contribution < -0.4 is 26.8 Å². The molecule has 1 aromatic carbocycles. The van der Waals surface area contributed by atoms with E-state index in [1.165, 1.54) is 12.1 Å². The molecular weight excluding hydrogens is 511 g/mol. The van der Waals surface area contributed by atoms with Crippen molar-refractivity contribution >= 4 is 35.4 Å². The van der Waals surface area contributed by atoms with Gasteiger partial charge in [0.1, 0.15) is 6.61 Å². The molecule has 3 rings (SSSR count). The number of carboxylic acid groups (broad SMARTS) is 2. The molecule has 38 heavy (non-hydrogen) atoms. The third kappa shape index (κ3) is 8.45. The molecule has 0 aliphatic carbocycles. The molecule has 9 N–H and O–H groups in total. The molecule has 0 bridgehead atoms. The number of amides is 1. The molecule has 2 aromatic rings. The van der Waals surface area contributed by atoms with Crippen LogP contribution in [0.1, 0.15) is 5.56 Å². The predicted octanol–water partition coefficient (Wildman–Crippen LogP) is -1.37. The van der Waals surface area contributed by atoms with Crippen molar-refractivity contribution in [2.24, 2.45) is 16.5 Å². The number of aromatic nitrogens is 1. The van der Waals surface area contributed by atoms with Crippen LogP contribution in [-0.4, -0.2) is 87.8 Å². The van der Waals surface area contributed by atoms with E-state index in [0.717, 1.165) is 5.69 Å². The number of hydrogen-bond donors (Lipinski definition) is 7. The summed E-state index contributed by atoms with van der Waals surface area (Å²) >= 11 is 0. The third-order valence-electron chi connectivity index (χ3n) is 5.19. The molecular formula is C22H27FN6O9. The number of anilines is 2. The van der Waals surface area contributed by atoms with Gasteiger partial charge in [-0.05, 0) is 12.1 Å². The first kappa shape index (κ1) is 29.5. The number of ether oxygens (including phenoxy) is 1. The number of halogens is 1. The highest BCUT2D eigenvalue weighted by molar-refractivity contribution is 5.87. The van der Waals surface area contributed by atoms with Crippen LogP contribution in [0, 0.1) is 5.82 Å². The number of hydrogen-bond acceptors (Lipinski definition) is 9. The number of carboxylic acids is 2. The average Bonchev–Trinajstić information content (AvgIpc) is 2.87. The lowest BCUT2D eigenvalue weighted by Crippen LogP contribution is -2.47. The number of nitrogens with two attached hydrogens (primary N) is 2. The second-order valence-corrected chi connectivity index (χ2v) is 7.79. The van der Waals surface area contributed by atoms with Gasteiger partial charge in [0, 0.05) is 44.0 Å². The van der Waals surface area contributed by atoms with E-state index < -0.39 is 42.0 Å². The maximum atomic E-state index is 14.9. The quantitative estimate of drug-likeness (QED) is 0.159. The fourth-order valence-corrected chi connectivity index (χ4v) is 3.27. The Morgan fingerprint density at radius 1 is 1.00 bits per heavy atom. The van der Waals surface area contributed by atoms with Crippen LogP contribution in [0.15, 0.2) is 46.3 Å². The smallest absolute Gasteiger partial charge is 0.437 e.